The van der Waals surface area contributed by atoms with E-state index >= 15 is 0 Å². The maximum absolute atomic E-state index is 11.7. The molecular formula is C11H13BrN4O2S. The fraction of sp³-hybridized carbons (Fsp3) is 0.455. The molecule has 1 saturated heterocycles. The van der Waals surface area contributed by atoms with Crippen LogP contribution in [0.1, 0.15) is 13.3 Å². The van der Waals surface area contributed by atoms with Crippen LogP contribution in [0.15, 0.2) is 16.7 Å². The highest BCUT2D eigenvalue weighted by Crippen LogP contribution is 2.35. The van der Waals surface area contributed by atoms with Gasteiger partial charge >= 0.3 is 0 Å². The molecule has 0 aliphatic carbocycles. The number of hydrogen-bond acceptors (Lipinski definition) is 5. The van der Waals surface area contributed by atoms with E-state index in [4.69, 9.17) is 5.73 Å². The summed E-state index contributed by atoms with van der Waals surface area (Å²) in [4.78, 5) is 8.58. The molecule has 0 amide bonds. The number of fused-ring (bicyclic) bond motifs is 1. The quantitative estimate of drug-likeness (QED) is 0.842. The van der Waals surface area contributed by atoms with Crippen LogP contribution < -0.4 is 5.73 Å². The molecule has 8 heteroatoms. The van der Waals surface area contributed by atoms with Gasteiger partial charge in [-0.3, -0.25) is 4.57 Å². The largest absolute Gasteiger partial charge is 0.369 e. The van der Waals surface area contributed by atoms with Crippen molar-refractivity contribution < 1.29 is 8.42 Å². The van der Waals surface area contributed by atoms with Gasteiger partial charge in [-0.25, -0.2) is 18.4 Å². The van der Waals surface area contributed by atoms with Crippen molar-refractivity contribution in [2.75, 3.05) is 17.2 Å². The molecule has 0 aromatic carbocycles. The third-order valence-electron chi connectivity index (χ3n) is 3.51. The van der Waals surface area contributed by atoms with E-state index in [2.05, 4.69) is 25.9 Å². The monoisotopic (exact) mass is 344 g/mol. The molecule has 2 aromatic heterocycles. The molecule has 2 aromatic rings. The number of aromatic nitrogens is 3. The number of nitrogens with two attached hydrogens (primary N) is 1. The van der Waals surface area contributed by atoms with Crippen LogP contribution in [0.5, 0.6) is 0 Å². The lowest BCUT2D eigenvalue weighted by atomic mass is 10.0. The molecule has 102 valence electrons. The Hall–Kier alpha value is -1.15. The van der Waals surface area contributed by atoms with Gasteiger partial charge in [0.25, 0.3) is 0 Å². The zero-order chi connectivity index (χ0) is 13.8. The van der Waals surface area contributed by atoms with Crippen LogP contribution in [0.2, 0.25) is 0 Å². The number of rotatable bonds is 1. The Bertz CT molecular complexity index is 770. The summed E-state index contributed by atoms with van der Waals surface area (Å²) in [7, 11) is -3.01. The van der Waals surface area contributed by atoms with E-state index in [9.17, 15) is 8.42 Å². The molecule has 3 heterocycles. The SMILES string of the molecule is CC1(n2c(N)nc3cc(Br)cnc32)CCS(=O)(=O)C1. The summed E-state index contributed by atoms with van der Waals surface area (Å²) >= 11 is 3.33. The van der Waals surface area contributed by atoms with Crippen LogP contribution in [-0.2, 0) is 15.4 Å². The third-order valence-corrected chi connectivity index (χ3v) is 5.83. The van der Waals surface area contributed by atoms with E-state index in [1.807, 2.05) is 13.0 Å². The van der Waals surface area contributed by atoms with Gasteiger partial charge in [-0.2, -0.15) is 0 Å². The van der Waals surface area contributed by atoms with Crippen molar-refractivity contribution in [3.05, 3.63) is 16.7 Å². The number of sulfone groups is 1. The molecule has 0 radical (unpaired) electrons. The molecule has 3 rings (SSSR count). The Labute approximate surface area is 119 Å². The lowest BCUT2D eigenvalue weighted by Crippen LogP contribution is -2.32. The van der Waals surface area contributed by atoms with Crippen molar-refractivity contribution in [3.63, 3.8) is 0 Å². The van der Waals surface area contributed by atoms with Crippen molar-refractivity contribution in [1.82, 2.24) is 14.5 Å². The van der Waals surface area contributed by atoms with Crippen LogP contribution in [-0.4, -0.2) is 34.5 Å². The Morgan fingerprint density at radius 3 is 2.89 bits per heavy atom. The molecule has 1 aliphatic heterocycles. The normalized spacial score (nSPS) is 26.0. The van der Waals surface area contributed by atoms with Gasteiger partial charge in [-0.05, 0) is 35.3 Å². The summed E-state index contributed by atoms with van der Waals surface area (Å²) < 4.78 is 26.0. The van der Waals surface area contributed by atoms with E-state index in [0.717, 1.165) is 4.47 Å². The second kappa shape index (κ2) is 3.92. The topological polar surface area (TPSA) is 90.9 Å². The molecule has 0 saturated carbocycles. The van der Waals surface area contributed by atoms with Gasteiger partial charge in [0.05, 0.1) is 17.0 Å². The molecule has 1 unspecified atom stereocenters. The highest BCUT2D eigenvalue weighted by molar-refractivity contribution is 9.10. The average molecular weight is 345 g/mol. The van der Waals surface area contributed by atoms with Gasteiger partial charge in [0.15, 0.2) is 15.5 Å². The standard InChI is InChI=1S/C11H13BrN4O2S/c1-11(2-3-19(17,18)6-11)16-9-8(15-10(16)13)4-7(12)5-14-9/h4-5H,2-3,6H2,1H3,(H2,13,15). The van der Waals surface area contributed by atoms with Crippen molar-refractivity contribution in [1.29, 1.82) is 0 Å². The first-order valence-corrected chi connectivity index (χ1v) is 8.43. The minimum absolute atomic E-state index is 0.0768. The molecule has 1 aliphatic rings. The van der Waals surface area contributed by atoms with Crippen molar-refractivity contribution in [2.45, 2.75) is 18.9 Å². The molecule has 6 nitrogen and oxygen atoms in total. The molecule has 2 N–H and O–H groups in total. The van der Waals surface area contributed by atoms with Crippen LogP contribution in [0.3, 0.4) is 0 Å². The number of pyridine rings is 1. The van der Waals surface area contributed by atoms with E-state index in [-0.39, 0.29) is 11.5 Å². The summed E-state index contributed by atoms with van der Waals surface area (Å²) in [5, 5.41) is 0. The maximum atomic E-state index is 11.7. The fourth-order valence-electron chi connectivity index (χ4n) is 2.66. The van der Waals surface area contributed by atoms with Gasteiger partial charge in [0, 0.05) is 10.7 Å². The molecule has 0 bridgehead atoms. The van der Waals surface area contributed by atoms with Gasteiger partial charge in [-0.1, -0.05) is 0 Å². The minimum Gasteiger partial charge on any atom is -0.369 e. The van der Waals surface area contributed by atoms with Gasteiger partial charge in [-0.15, -0.1) is 0 Å². The third kappa shape index (κ3) is 2.02. The van der Waals surface area contributed by atoms with Crippen molar-refractivity contribution in [3.8, 4) is 0 Å². The Morgan fingerprint density at radius 2 is 2.26 bits per heavy atom. The van der Waals surface area contributed by atoms with E-state index in [1.165, 1.54) is 0 Å². The first-order chi connectivity index (χ1) is 8.81. The lowest BCUT2D eigenvalue weighted by molar-refractivity contribution is 0.379. The number of imidazole rings is 1. The maximum Gasteiger partial charge on any atom is 0.202 e. The predicted molar refractivity (Wildman–Crippen MR) is 76.6 cm³/mol. The van der Waals surface area contributed by atoms with Gasteiger partial charge < -0.3 is 5.73 Å². The molecule has 1 fully saturated rings. The van der Waals surface area contributed by atoms with Crippen LogP contribution in [0, 0.1) is 0 Å². The first kappa shape index (κ1) is 12.9. The molecule has 0 spiro atoms. The number of nitrogen functional groups attached to an aromatic ring is 1. The van der Waals surface area contributed by atoms with Crippen molar-refractivity contribution >= 4 is 42.9 Å². The molecule has 1 atom stereocenters. The molecule has 19 heavy (non-hydrogen) atoms. The van der Waals surface area contributed by atoms with E-state index < -0.39 is 15.4 Å². The number of anilines is 1. The van der Waals surface area contributed by atoms with E-state index in [1.54, 1.807) is 10.8 Å². The van der Waals surface area contributed by atoms with Crippen LogP contribution in [0.25, 0.3) is 11.2 Å². The van der Waals surface area contributed by atoms with Crippen molar-refractivity contribution in [2.24, 2.45) is 0 Å². The zero-order valence-electron chi connectivity index (χ0n) is 10.3. The summed E-state index contributed by atoms with van der Waals surface area (Å²) in [6.07, 6.45) is 2.19. The fourth-order valence-corrected chi connectivity index (χ4v) is 5.10. The second-order valence-electron chi connectivity index (χ2n) is 5.14. The van der Waals surface area contributed by atoms with Crippen LogP contribution in [0.4, 0.5) is 5.95 Å². The van der Waals surface area contributed by atoms with E-state index in [0.29, 0.717) is 23.5 Å². The Balaban J connectivity index is 2.23. The summed E-state index contributed by atoms with van der Waals surface area (Å²) in [5.41, 5.74) is 6.68. The highest BCUT2D eigenvalue weighted by atomic mass is 79.9. The van der Waals surface area contributed by atoms with Gasteiger partial charge in [0.2, 0.25) is 5.95 Å². The summed E-state index contributed by atoms with van der Waals surface area (Å²) in [6.45, 7) is 1.89. The second-order valence-corrected chi connectivity index (χ2v) is 8.24. The first-order valence-electron chi connectivity index (χ1n) is 5.81. The lowest BCUT2D eigenvalue weighted by Gasteiger charge is -2.25. The van der Waals surface area contributed by atoms with Crippen LogP contribution >= 0.6 is 15.9 Å². The minimum atomic E-state index is -3.01. The predicted octanol–water partition coefficient (Wildman–Crippen LogP) is 1.31. The summed E-state index contributed by atoms with van der Waals surface area (Å²) in [6, 6.07) is 1.82. The van der Waals surface area contributed by atoms with Gasteiger partial charge in [0.1, 0.15) is 5.52 Å². The molecular weight excluding hydrogens is 332 g/mol. The number of halogens is 1. The Morgan fingerprint density at radius 1 is 1.53 bits per heavy atom. The Kier molecular flexibility index (Phi) is 2.66. The number of hydrogen-bond donors (Lipinski definition) is 1. The number of nitrogens with zero attached hydrogens (tertiary/aromatic N) is 3. The smallest absolute Gasteiger partial charge is 0.202 e. The zero-order valence-corrected chi connectivity index (χ0v) is 12.7. The highest BCUT2D eigenvalue weighted by Gasteiger charge is 2.42. The summed E-state index contributed by atoms with van der Waals surface area (Å²) in [5.74, 6) is 0.562. The average Bonchev–Trinajstić information content (AvgIpc) is 2.75.